The summed E-state index contributed by atoms with van der Waals surface area (Å²) >= 11 is 0. The van der Waals surface area contributed by atoms with Gasteiger partial charge in [-0.25, -0.2) is 9.78 Å². The van der Waals surface area contributed by atoms with Crippen LogP contribution in [0.5, 0.6) is 0 Å². The summed E-state index contributed by atoms with van der Waals surface area (Å²) in [5.74, 6) is 0.872. The third-order valence-electron chi connectivity index (χ3n) is 7.05. The largest absolute Gasteiger partial charge is 0.361 e. The van der Waals surface area contributed by atoms with E-state index in [9.17, 15) is 9.59 Å². The maximum Gasteiger partial charge on any atom is 0.329 e. The molecule has 0 bridgehead atoms. The van der Waals surface area contributed by atoms with Gasteiger partial charge in [-0.15, -0.1) is 0 Å². The van der Waals surface area contributed by atoms with Crippen molar-refractivity contribution in [3.05, 3.63) is 39.3 Å². The van der Waals surface area contributed by atoms with Gasteiger partial charge in [0, 0.05) is 58.1 Å². The molecule has 3 aromatic heterocycles. The molecular weight excluding hydrogens is 434 g/mol. The van der Waals surface area contributed by atoms with Crippen LogP contribution < -0.4 is 11.2 Å². The number of hydrogen-bond acceptors (Lipinski definition) is 5. The normalized spacial score (nSPS) is 18.5. The van der Waals surface area contributed by atoms with Crippen molar-refractivity contribution in [1.82, 2.24) is 24.0 Å². The van der Waals surface area contributed by atoms with E-state index in [0.29, 0.717) is 17.6 Å². The van der Waals surface area contributed by atoms with Crippen LogP contribution >= 0.6 is 0 Å². The molecular formula is C24H35N5O3Si. The SMILES string of the molecule is C[Si](C)(C)CCOCn1ccc2c1ncc1c(=O)[nH]c(=O)n(C3CCN(CC4CC4)CC3)c12. The number of likely N-dealkylation sites (tertiary alicyclic amines) is 1. The lowest BCUT2D eigenvalue weighted by atomic mass is 10.0. The van der Waals surface area contributed by atoms with Crippen LogP contribution in [0.2, 0.25) is 25.7 Å². The fraction of sp³-hybridized carbons (Fsp3) is 0.625. The van der Waals surface area contributed by atoms with E-state index in [-0.39, 0.29) is 17.3 Å². The van der Waals surface area contributed by atoms with Crippen molar-refractivity contribution in [2.24, 2.45) is 5.92 Å². The monoisotopic (exact) mass is 469 g/mol. The van der Waals surface area contributed by atoms with Crippen molar-refractivity contribution < 1.29 is 4.74 Å². The number of fused-ring (bicyclic) bond motifs is 3. The summed E-state index contributed by atoms with van der Waals surface area (Å²) in [6, 6.07) is 3.15. The zero-order valence-electron chi connectivity index (χ0n) is 20.0. The minimum absolute atomic E-state index is 0.0780. The molecule has 2 aliphatic rings. The first-order valence-corrected chi connectivity index (χ1v) is 15.9. The van der Waals surface area contributed by atoms with Crippen LogP contribution in [0, 0.1) is 5.92 Å². The highest BCUT2D eigenvalue weighted by Crippen LogP contribution is 2.33. The van der Waals surface area contributed by atoms with E-state index >= 15 is 0 Å². The molecule has 8 nitrogen and oxygen atoms in total. The maximum atomic E-state index is 13.0. The Morgan fingerprint density at radius 1 is 1.12 bits per heavy atom. The molecule has 0 aromatic carbocycles. The van der Waals surface area contributed by atoms with Crippen molar-refractivity contribution in [3.63, 3.8) is 0 Å². The van der Waals surface area contributed by atoms with Crippen molar-refractivity contribution in [2.45, 2.75) is 64.1 Å². The van der Waals surface area contributed by atoms with E-state index in [1.54, 1.807) is 6.20 Å². The van der Waals surface area contributed by atoms with E-state index in [2.05, 4.69) is 34.5 Å². The molecule has 1 saturated heterocycles. The lowest BCUT2D eigenvalue weighted by Crippen LogP contribution is -2.40. The second-order valence-electron chi connectivity index (χ2n) is 11.0. The fourth-order valence-corrected chi connectivity index (χ4v) is 5.65. The molecule has 9 heteroatoms. The number of ether oxygens (including phenoxy) is 1. The number of pyridine rings is 1. The summed E-state index contributed by atoms with van der Waals surface area (Å²) in [6.45, 7) is 11.3. The second kappa shape index (κ2) is 8.85. The number of piperidine rings is 1. The van der Waals surface area contributed by atoms with Crippen molar-refractivity contribution in [2.75, 3.05) is 26.2 Å². The van der Waals surface area contributed by atoms with Gasteiger partial charge in [-0.3, -0.25) is 14.3 Å². The molecule has 1 N–H and O–H groups in total. The van der Waals surface area contributed by atoms with E-state index in [1.165, 1.54) is 19.4 Å². The second-order valence-corrected chi connectivity index (χ2v) is 16.6. The van der Waals surface area contributed by atoms with Gasteiger partial charge in [0.05, 0.1) is 10.9 Å². The highest BCUT2D eigenvalue weighted by molar-refractivity contribution is 6.76. The van der Waals surface area contributed by atoms with Gasteiger partial charge in [0.25, 0.3) is 5.56 Å². The first kappa shape index (κ1) is 22.6. The smallest absolute Gasteiger partial charge is 0.329 e. The Balaban J connectivity index is 1.45. The first-order chi connectivity index (χ1) is 15.8. The van der Waals surface area contributed by atoms with E-state index < -0.39 is 8.07 Å². The molecule has 1 aliphatic carbocycles. The average molecular weight is 470 g/mol. The highest BCUT2D eigenvalue weighted by Gasteiger charge is 2.29. The predicted molar refractivity (Wildman–Crippen MR) is 134 cm³/mol. The highest BCUT2D eigenvalue weighted by atomic mass is 28.3. The zero-order valence-corrected chi connectivity index (χ0v) is 21.0. The number of hydrogen-bond donors (Lipinski definition) is 1. The third kappa shape index (κ3) is 4.85. The van der Waals surface area contributed by atoms with Crippen molar-refractivity contribution >= 4 is 30.0 Å². The summed E-state index contributed by atoms with van der Waals surface area (Å²) in [6.07, 6.45) is 8.09. The molecule has 0 amide bonds. The van der Waals surface area contributed by atoms with E-state index in [4.69, 9.17) is 4.74 Å². The number of rotatable bonds is 8. The van der Waals surface area contributed by atoms with E-state index in [1.807, 2.05) is 21.4 Å². The van der Waals surface area contributed by atoms with Crippen LogP contribution in [0.1, 0.15) is 31.7 Å². The molecule has 5 rings (SSSR count). The zero-order chi connectivity index (χ0) is 23.2. The molecule has 178 valence electrons. The minimum Gasteiger partial charge on any atom is -0.361 e. The number of nitrogens with one attached hydrogen (secondary N) is 1. The molecule has 1 saturated carbocycles. The van der Waals surface area contributed by atoms with Gasteiger partial charge < -0.3 is 14.2 Å². The van der Waals surface area contributed by atoms with Gasteiger partial charge in [0.2, 0.25) is 0 Å². The summed E-state index contributed by atoms with van der Waals surface area (Å²) in [4.78, 5) is 35.3. The average Bonchev–Trinajstić information content (AvgIpc) is 3.48. The molecule has 3 aromatic rings. The Morgan fingerprint density at radius 3 is 2.58 bits per heavy atom. The Labute approximate surface area is 194 Å². The van der Waals surface area contributed by atoms with Crippen LogP contribution in [0.4, 0.5) is 0 Å². The van der Waals surface area contributed by atoms with Gasteiger partial charge in [0.1, 0.15) is 12.4 Å². The summed E-state index contributed by atoms with van der Waals surface area (Å²) in [7, 11) is -1.15. The van der Waals surface area contributed by atoms with Crippen LogP contribution in [0.3, 0.4) is 0 Å². The van der Waals surface area contributed by atoms with Gasteiger partial charge >= 0.3 is 5.69 Å². The number of aromatic nitrogens is 4. The number of H-pyrrole nitrogens is 1. The molecule has 33 heavy (non-hydrogen) atoms. The first-order valence-electron chi connectivity index (χ1n) is 12.2. The fourth-order valence-electron chi connectivity index (χ4n) is 4.90. The number of aromatic amines is 1. The van der Waals surface area contributed by atoms with Gasteiger partial charge in [-0.2, -0.15) is 0 Å². The number of nitrogens with zero attached hydrogens (tertiary/aromatic N) is 4. The van der Waals surface area contributed by atoms with E-state index in [0.717, 1.165) is 55.5 Å². The minimum atomic E-state index is -1.15. The Kier molecular flexibility index (Phi) is 6.05. The standard InChI is InChI=1S/C24H35N5O3Si/c1-33(2,3)13-12-32-16-28-11-8-19-21-20(14-25-22(19)28)23(30)26-24(31)29(21)18-6-9-27(10-7-18)15-17-4-5-17/h8,11,14,17-18H,4-7,9-10,12-13,15-16H2,1-3H3,(H,26,30,31). The Morgan fingerprint density at radius 2 is 1.88 bits per heavy atom. The predicted octanol–water partition coefficient (Wildman–Crippen LogP) is 3.40. The third-order valence-corrected chi connectivity index (χ3v) is 8.75. The topological polar surface area (TPSA) is 85.1 Å². The summed E-state index contributed by atoms with van der Waals surface area (Å²) in [5.41, 5.74) is 0.765. The Hall–Kier alpha value is -2.23. The molecule has 1 aliphatic heterocycles. The molecule has 4 heterocycles. The van der Waals surface area contributed by atoms with Crippen LogP contribution in [-0.2, 0) is 11.5 Å². The molecule has 2 fully saturated rings. The van der Waals surface area contributed by atoms with Gasteiger partial charge in [-0.1, -0.05) is 19.6 Å². The van der Waals surface area contributed by atoms with Gasteiger partial charge in [0.15, 0.2) is 0 Å². The molecule has 0 spiro atoms. The lowest BCUT2D eigenvalue weighted by Gasteiger charge is -2.33. The van der Waals surface area contributed by atoms with Crippen LogP contribution in [0.15, 0.2) is 28.0 Å². The summed E-state index contributed by atoms with van der Waals surface area (Å²) < 4.78 is 9.72. The Bertz CT molecular complexity index is 1260. The quantitative estimate of drug-likeness (QED) is 0.404. The lowest BCUT2D eigenvalue weighted by molar-refractivity contribution is 0.0899. The molecule has 0 atom stereocenters. The van der Waals surface area contributed by atoms with Crippen molar-refractivity contribution in [3.8, 4) is 0 Å². The molecule has 0 unspecified atom stereocenters. The van der Waals surface area contributed by atoms with Crippen LogP contribution in [0.25, 0.3) is 21.9 Å². The summed E-state index contributed by atoms with van der Waals surface area (Å²) in [5, 5.41) is 1.31. The van der Waals surface area contributed by atoms with Crippen molar-refractivity contribution in [1.29, 1.82) is 0 Å². The van der Waals surface area contributed by atoms with Gasteiger partial charge in [-0.05, 0) is 43.7 Å². The maximum absolute atomic E-state index is 13.0. The molecule has 0 radical (unpaired) electrons. The van der Waals surface area contributed by atoms with Crippen LogP contribution in [-0.4, -0.2) is 58.3 Å².